The summed E-state index contributed by atoms with van der Waals surface area (Å²) in [6.07, 6.45) is 0.846. The Bertz CT molecular complexity index is 617. The maximum absolute atomic E-state index is 12.9. The Balaban J connectivity index is 1.71. The van der Waals surface area contributed by atoms with Crippen molar-refractivity contribution in [1.29, 1.82) is 0 Å². The summed E-state index contributed by atoms with van der Waals surface area (Å²) in [5.41, 5.74) is 6.87. The van der Waals surface area contributed by atoms with Crippen LogP contribution in [0.3, 0.4) is 0 Å². The van der Waals surface area contributed by atoms with Crippen LogP contribution in [0.4, 0.5) is 15.8 Å². The quantitative estimate of drug-likeness (QED) is 0.633. The number of hydrogen-bond acceptors (Lipinski definition) is 3. The third kappa shape index (κ3) is 4.80. The van der Waals surface area contributed by atoms with Gasteiger partial charge in [0.1, 0.15) is 11.6 Å². The highest BCUT2D eigenvalue weighted by atomic mass is 19.1. The summed E-state index contributed by atoms with van der Waals surface area (Å²) in [6.45, 7) is 0.348. The van der Waals surface area contributed by atoms with E-state index in [4.69, 9.17) is 10.5 Å². The van der Waals surface area contributed by atoms with E-state index in [2.05, 4.69) is 5.32 Å². The second-order valence-corrected chi connectivity index (χ2v) is 4.54. The standard InChI is InChI=1S/C16H17FN2O2/c17-12-5-3-6-13(11-12)21-10-4-9-16(20)19-15-8-2-1-7-14(15)18/h1-3,5-8,11H,4,9-10,18H2,(H,19,20). The van der Waals surface area contributed by atoms with Crippen LogP contribution in [0.1, 0.15) is 12.8 Å². The molecular formula is C16H17FN2O2. The van der Waals surface area contributed by atoms with Gasteiger partial charge < -0.3 is 15.8 Å². The monoisotopic (exact) mass is 288 g/mol. The maximum Gasteiger partial charge on any atom is 0.224 e. The smallest absolute Gasteiger partial charge is 0.224 e. The first-order valence-corrected chi connectivity index (χ1v) is 6.68. The lowest BCUT2D eigenvalue weighted by Crippen LogP contribution is -2.13. The van der Waals surface area contributed by atoms with Gasteiger partial charge in [-0.25, -0.2) is 4.39 Å². The molecule has 110 valence electrons. The highest BCUT2D eigenvalue weighted by molar-refractivity contribution is 5.93. The van der Waals surface area contributed by atoms with Crippen LogP contribution < -0.4 is 15.8 Å². The van der Waals surface area contributed by atoms with Crippen LogP contribution in [0, 0.1) is 5.82 Å². The van der Waals surface area contributed by atoms with Crippen LogP contribution in [0.5, 0.6) is 5.75 Å². The summed E-state index contributed by atoms with van der Waals surface area (Å²) in [6, 6.07) is 13.0. The number of nitrogens with two attached hydrogens (primary N) is 1. The SMILES string of the molecule is Nc1ccccc1NC(=O)CCCOc1cccc(F)c1. The predicted octanol–water partition coefficient (Wildman–Crippen LogP) is 3.21. The van der Waals surface area contributed by atoms with Gasteiger partial charge in [0.2, 0.25) is 5.91 Å². The van der Waals surface area contributed by atoms with Crippen molar-refractivity contribution in [3.8, 4) is 5.75 Å². The van der Waals surface area contributed by atoms with E-state index >= 15 is 0 Å². The number of rotatable bonds is 6. The van der Waals surface area contributed by atoms with E-state index in [1.54, 1.807) is 36.4 Å². The fourth-order valence-electron chi connectivity index (χ4n) is 1.80. The Morgan fingerprint density at radius 2 is 2.00 bits per heavy atom. The van der Waals surface area contributed by atoms with Gasteiger partial charge in [-0.3, -0.25) is 4.79 Å². The van der Waals surface area contributed by atoms with Gasteiger partial charge in [-0.05, 0) is 30.7 Å². The van der Waals surface area contributed by atoms with Crippen LogP contribution in [0.25, 0.3) is 0 Å². The molecule has 0 aliphatic rings. The summed E-state index contributed by atoms with van der Waals surface area (Å²) in [4.78, 5) is 11.7. The van der Waals surface area contributed by atoms with Crippen molar-refractivity contribution in [2.24, 2.45) is 0 Å². The lowest BCUT2D eigenvalue weighted by molar-refractivity contribution is -0.116. The molecule has 0 aliphatic carbocycles. The molecule has 0 unspecified atom stereocenters. The van der Waals surface area contributed by atoms with E-state index in [1.807, 2.05) is 0 Å². The van der Waals surface area contributed by atoms with Crippen LogP contribution in [0.2, 0.25) is 0 Å². The van der Waals surface area contributed by atoms with Crippen molar-refractivity contribution in [3.63, 3.8) is 0 Å². The van der Waals surface area contributed by atoms with Gasteiger partial charge >= 0.3 is 0 Å². The van der Waals surface area contributed by atoms with E-state index < -0.39 is 0 Å². The van der Waals surface area contributed by atoms with Gasteiger partial charge in [0.15, 0.2) is 0 Å². The van der Waals surface area contributed by atoms with Crippen molar-refractivity contribution < 1.29 is 13.9 Å². The topological polar surface area (TPSA) is 64.3 Å². The number of ether oxygens (including phenoxy) is 1. The van der Waals surface area contributed by atoms with Crippen molar-refractivity contribution in [2.45, 2.75) is 12.8 Å². The number of hydrogen-bond donors (Lipinski definition) is 2. The summed E-state index contributed by atoms with van der Waals surface area (Å²) >= 11 is 0. The summed E-state index contributed by atoms with van der Waals surface area (Å²) in [5, 5.41) is 2.74. The van der Waals surface area contributed by atoms with Gasteiger partial charge in [-0.15, -0.1) is 0 Å². The van der Waals surface area contributed by atoms with Crippen LogP contribution in [-0.4, -0.2) is 12.5 Å². The maximum atomic E-state index is 12.9. The van der Waals surface area contributed by atoms with E-state index in [0.717, 1.165) is 0 Å². The Morgan fingerprint density at radius 1 is 1.19 bits per heavy atom. The van der Waals surface area contributed by atoms with E-state index in [0.29, 0.717) is 36.6 Å². The van der Waals surface area contributed by atoms with Crippen molar-refractivity contribution in [2.75, 3.05) is 17.7 Å². The molecule has 0 bridgehead atoms. The van der Waals surface area contributed by atoms with Gasteiger partial charge in [-0.2, -0.15) is 0 Å². The second kappa shape index (κ2) is 7.28. The molecule has 1 amide bonds. The minimum Gasteiger partial charge on any atom is -0.493 e. The first-order valence-electron chi connectivity index (χ1n) is 6.68. The minimum atomic E-state index is -0.343. The molecule has 0 heterocycles. The van der Waals surface area contributed by atoms with Crippen LogP contribution >= 0.6 is 0 Å². The molecule has 21 heavy (non-hydrogen) atoms. The summed E-state index contributed by atoms with van der Waals surface area (Å²) in [5.74, 6) is -0.0109. The molecule has 0 spiro atoms. The van der Waals surface area contributed by atoms with E-state index in [9.17, 15) is 9.18 Å². The molecule has 0 aliphatic heterocycles. The lowest BCUT2D eigenvalue weighted by atomic mass is 10.2. The zero-order valence-electron chi connectivity index (χ0n) is 11.5. The van der Waals surface area contributed by atoms with Crippen molar-refractivity contribution in [3.05, 3.63) is 54.3 Å². The van der Waals surface area contributed by atoms with Gasteiger partial charge in [0, 0.05) is 12.5 Å². The highest BCUT2D eigenvalue weighted by Gasteiger charge is 2.05. The first kappa shape index (κ1) is 14.8. The minimum absolute atomic E-state index is 0.129. The summed E-state index contributed by atoms with van der Waals surface area (Å²) < 4.78 is 18.3. The third-order valence-electron chi connectivity index (χ3n) is 2.85. The molecule has 0 saturated carbocycles. The average Bonchev–Trinajstić information content (AvgIpc) is 2.46. The molecule has 0 aromatic heterocycles. The van der Waals surface area contributed by atoms with Crippen molar-refractivity contribution >= 4 is 17.3 Å². The summed E-state index contributed by atoms with van der Waals surface area (Å²) in [7, 11) is 0. The van der Waals surface area contributed by atoms with E-state index in [1.165, 1.54) is 12.1 Å². The Kier molecular flexibility index (Phi) is 5.15. The Labute approximate surface area is 122 Å². The van der Waals surface area contributed by atoms with E-state index in [-0.39, 0.29) is 11.7 Å². The largest absolute Gasteiger partial charge is 0.493 e. The zero-order valence-corrected chi connectivity index (χ0v) is 11.5. The lowest BCUT2D eigenvalue weighted by Gasteiger charge is -2.08. The van der Waals surface area contributed by atoms with Gasteiger partial charge in [0.25, 0.3) is 0 Å². The van der Waals surface area contributed by atoms with Gasteiger partial charge in [-0.1, -0.05) is 18.2 Å². The number of nitrogens with one attached hydrogen (secondary N) is 1. The third-order valence-corrected chi connectivity index (χ3v) is 2.85. The molecular weight excluding hydrogens is 271 g/mol. The number of para-hydroxylation sites is 2. The fourth-order valence-corrected chi connectivity index (χ4v) is 1.80. The van der Waals surface area contributed by atoms with Crippen LogP contribution in [0.15, 0.2) is 48.5 Å². The van der Waals surface area contributed by atoms with Crippen LogP contribution in [-0.2, 0) is 4.79 Å². The molecule has 0 fully saturated rings. The highest BCUT2D eigenvalue weighted by Crippen LogP contribution is 2.17. The molecule has 4 nitrogen and oxygen atoms in total. The number of amides is 1. The number of halogens is 1. The number of nitrogen functional groups attached to an aromatic ring is 1. The normalized spacial score (nSPS) is 10.1. The predicted molar refractivity (Wildman–Crippen MR) is 80.6 cm³/mol. The number of carbonyl (C=O) groups excluding carboxylic acids is 1. The molecule has 0 radical (unpaired) electrons. The molecule has 0 saturated heterocycles. The molecule has 3 N–H and O–H groups in total. The molecule has 2 rings (SSSR count). The first-order chi connectivity index (χ1) is 10.1. The van der Waals surface area contributed by atoms with Gasteiger partial charge in [0.05, 0.1) is 18.0 Å². The average molecular weight is 288 g/mol. The number of anilines is 2. The van der Waals surface area contributed by atoms with Crippen molar-refractivity contribution in [1.82, 2.24) is 0 Å². The Morgan fingerprint density at radius 3 is 2.76 bits per heavy atom. The fraction of sp³-hybridized carbons (Fsp3) is 0.188. The molecule has 0 atom stereocenters. The second-order valence-electron chi connectivity index (χ2n) is 4.54. The zero-order chi connectivity index (χ0) is 15.1. The number of carbonyl (C=O) groups is 1. The molecule has 5 heteroatoms. The molecule has 2 aromatic rings. The molecule has 2 aromatic carbocycles. The Hall–Kier alpha value is -2.56. The number of benzene rings is 2.